The number of hydrogen-bond acceptors (Lipinski definition) is 4. The molecular formula is C19H20FN3O4S. The van der Waals surface area contributed by atoms with Crippen LogP contribution in [-0.2, 0) is 16.4 Å². The van der Waals surface area contributed by atoms with E-state index in [9.17, 15) is 22.4 Å². The second-order valence-corrected chi connectivity index (χ2v) is 8.81. The fraction of sp³-hybridized carbons (Fsp3) is 0.263. The lowest BCUT2D eigenvalue weighted by Gasteiger charge is -2.12. The number of carbonyl (C=O) groups is 2. The van der Waals surface area contributed by atoms with Gasteiger partial charge in [0.05, 0.1) is 11.5 Å². The number of benzene rings is 2. The van der Waals surface area contributed by atoms with Crippen LogP contribution in [0.5, 0.6) is 0 Å². The van der Waals surface area contributed by atoms with Gasteiger partial charge in [-0.15, -0.1) is 0 Å². The molecule has 1 atom stereocenters. The highest BCUT2D eigenvalue weighted by Gasteiger charge is 2.28. The first-order valence-corrected chi connectivity index (χ1v) is 10.5. The van der Waals surface area contributed by atoms with Crippen molar-refractivity contribution in [3.63, 3.8) is 0 Å². The van der Waals surface area contributed by atoms with Crippen molar-refractivity contribution in [2.75, 3.05) is 16.8 Å². The van der Waals surface area contributed by atoms with Gasteiger partial charge in [0.15, 0.2) is 9.84 Å². The maximum atomic E-state index is 12.9. The Kier molecular flexibility index (Phi) is 5.93. The average molecular weight is 405 g/mol. The molecule has 0 unspecified atom stereocenters. The van der Waals surface area contributed by atoms with E-state index in [-0.39, 0.29) is 35.8 Å². The molecule has 148 valence electrons. The third-order valence-electron chi connectivity index (χ3n) is 4.34. The lowest BCUT2D eigenvalue weighted by molar-refractivity contribution is 0.0951. The fourth-order valence-electron chi connectivity index (χ4n) is 2.85. The molecule has 3 rings (SSSR count). The maximum Gasteiger partial charge on any atom is 0.319 e. The second-order valence-electron chi connectivity index (χ2n) is 6.58. The van der Waals surface area contributed by atoms with E-state index in [4.69, 9.17) is 0 Å². The Bertz CT molecular complexity index is 960. The van der Waals surface area contributed by atoms with E-state index in [1.165, 1.54) is 12.1 Å². The minimum absolute atomic E-state index is 0.0480. The van der Waals surface area contributed by atoms with E-state index >= 15 is 0 Å². The molecule has 0 spiro atoms. The van der Waals surface area contributed by atoms with Gasteiger partial charge in [0.2, 0.25) is 0 Å². The van der Waals surface area contributed by atoms with Crippen LogP contribution in [0.3, 0.4) is 0 Å². The normalized spacial score (nSPS) is 17.7. The van der Waals surface area contributed by atoms with Crippen molar-refractivity contribution in [3.05, 3.63) is 65.5 Å². The Labute approximate surface area is 162 Å². The van der Waals surface area contributed by atoms with Gasteiger partial charge in [0.1, 0.15) is 5.82 Å². The largest absolute Gasteiger partial charge is 0.348 e. The van der Waals surface area contributed by atoms with E-state index in [0.717, 1.165) is 5.56 Å². The molecule has 3 N–H and O–H groups in total. The number of hydrogen-bond donors (Lipinski definition) is 3. The molecular weight excluding hydrogens is 385 g/mol. The van der Waals surface area contributed by atoms with Gasteiger partial charge in [-0.1, -0.05) is 12.1 Å². The molecule has 2 aromatic carbocycles. The van der Waals surface area contributed by atoms with Crippen LogP contribution in [0, 0.1) is 5.82 Å². The lowest BCUT2D eigenvalue weighted by Crippen LogP contribution is -2.38. The first kappa shape index (κ1) is 19.8. The van der Waals surface area contributed by atoms with Gasteiger partial charge in [0, 0.05) is 23.8 Å². The van der Waals surface area contributed by atoms with Crippen LogP contribution in [0.25, 0.3) is 0 Å². The molecule has 0 bridgehead atoms. The predicted octanol–water partition coefficient (Wildman–Crippen LogP) is 2.06. The first-order chi connectivity index (χ1) is 13.3. The molecule has 0 radical (unpaired) electrons. The zero-order valence-electron chi connectivity index (χ0n) is 14.9. The molecule has 1 aliphatic rings. The molecule has 1 fully saturated rings. The van der Waals surface area contributed by atoms with Crippen LogP contribution < -0.4 is 16.0 Å². The molecule has 9 heteroatoms. The van der Waals surface area contributed by atoms with Gasteiger partial charge < -0.3 is 16.0 Å². The average Bonchev–Trinajstić information content (AvgIpc) is 2.99. The van der Waals surface area contributed by atoms with Crippen molar-refractivity contribution < 1.29 is 22.4 Å². The third kappa shape index (κ3) is 5.53. The zero-order chi connectivity index (χ0) is 20.1. The number of amides is 3. The summed E-state index contributed by atoms with van der Waals surface area (Å²) in [6, 6.07) is 11.3. The first-order valence-electron chi connectivity index (χ1n) is 8.71. The van der Waals surface area contributed by atoms with Crippen molar-refractivity contribution in [3.8, 4) is 0 Å². The van der Waals surface area contributed by atoms with Crippen LogP contribution in [0.15, 0.2) is 48.5 Å². The molecule has 7 nitrogen and oxygen atoms in total. The molecule has 0 aromatic heterocycles. The second kappa shape index (κ2) is 8.39. The highest BCUT2D eigenvalue weighted by atomic mass is 32.2. The summed E-state index contributed by atoms with van der Waals surface area (Å²) in [6.07, 6.45) is 0.406. The molecule has 1 aliphatic heterocycles. The van der Waals surface area contributed by atoms with Crippen LogP contribution in [0.4, 0.5) is 14.9 Å². The van der Waals surface area contributed by atoms with E-state index < -0.39 is 15.9 Å². The summed E-state index contributed by atoms with van der Waals surface area (Å²) in [4.78, 5) is 24.1. The zero-order valence-corrected chi connectivity index (χ0v) is 15.8. The standard InChI is InChI=1S/C19H20FN3O4S/c20-15-5-1-13(2-6-15)11-21-18(24)14-3-7-16(8-4-14)22-19(25)23-17-9-10-28(26,27)12-17/h1-8,17H,9-12H2,(H,21,24)(H2,22,23,25)/t17-/m1/s1. The summed E-state index contributed by atoms with van der Waals surface area (Å²) >= 11 is 0. The molecule has 0 aliphatic carbocycles. The molecule has 3 amide bonds. The summed E-state index contributed by atoms with van der Waals surface area (Å²) in [5.41, 5.74) is 1.67. The van der Waals surface area contributed by atoms with Gasteiger partial charge in [-0.05, 0) is 48.4 Å². The fourth-order valence-corrected chi connectivity index (χ4v) is 4.53. The van der Waals surface area contributed by atoms with Crippen LogP contribution in [0.1, 0.15) is 22.3 Å². The number of rotatable bonds is 5. The van der Waals surface area contributed by atoms with Gasteiger partial charge in [-0.3, -0.25) is 4.79 Å². The monoisotopic (exact) mass is 405 g/mol. The van der Waals surface area contributed by atoms with Crippen molar-refractivity contribution in [2.24, 2.45) is 0 Å². The van der Waals surface area contributed by atoms with Gasteiger partial charge in [0.25, 0.3) is 5.91 Å². The van der Waals surface area contributed by atoms with E-state index in [0.29, 0.717) is 17.7 Å². The van der Waals surface area contributed by atoms with Crippen molar-refractivity contribution >= 4 is 27.5 Å². The number of halogens is 1. The van der Waals surface area contributed by atoms with Crippen molar-refractivity contribution in [2.45, 2.75) is 19.0 Å². The molecule has 28 heavy (non-hydrogen) atoms. The lowest BCUT2D eigenvalue weighted by atomic mass is 10.1. The highest BCUT2D eigenvalue weighted by Crippen LogP contribution is 2.13. The summed E-state index contributed by atoms with van der Waals surface area (Å²) < 4.78 is 35.7. The predicted molar refractivity (Wildman–Crippen MR) is 103 cm³/mol. The maximum absolute atomic E-state index is 12.9. The Morgan fingerprint density at radius 3 is 2.32 bits per heavy atom. The summed E-state index contributed by atoms with van der Waals surface area (Å²) in [5.74, 6) is -0.596. The van der Waals surface area contributed by atoms with Gasteiger partial charge >= 0.3 is 6.03 Å². The van der Waals surface area contributed by atoms with Gasteiger partial charge in [-0.2, -0.15) is 0 Å². The highest BCUT2D eigenvalue weighted by molar-refractivity contribution is 7.91. The van der Waals surface area contributed by atoms with Crippen molar-refractivity contribution in [1.82, 2.24) is 10.6 Å². The SMILES string of the molecule is O=C(Nc1ccc(C(=O)NCc2ccc(F)cc2)cc1)N[C@@H]1CCS(=O)(=O)C1. The number of anilines is 1. The molecule has 2 aromatic rings. The summed E-state index contributed by atoms with van der Waals surface area (Å²) in [6.45, 7) is 0.270. The number of sulfone groups is 1. The Morgan fingerprint density at radius 2 is 1.71 bits per heavy atom. The molecule has 1 heterocycles. The van der Waals surface area contributed by atoms with Gasteiger partial charge in [-0.25, -0.2) is 17.6 Å². The van der Waals surface area contributed by atoms with E-state index in [2.05, 4.69) is 16.0 Å². The number of nitrogens with one attached hydrogen (secondary N) is 3. The summed E-state index contributed by atoms with van der Waals surface area (Å²) in [7, 11) is -3.06. The Balaban J connectivity index is 1.49. The minimum Gasteiger partial charge on any atom is -0.348 e. The van der Waals surface area contributed by atoms with Crippen LogP contribution in [-0.4, -0.2) is 37.9 Å². The van der Waals surface area contributed by atoms with Crippen LogP contribution >= 0.6 is 0 Å². The molecule has 1 saturated heterocycles. The summed E-state index contributed by atoms with van der Waals surface area (Å²) in [5, 5.41) is 7.97. The van der Waals surface area contributed by atoms with Crippen molar-refractivity contribution in [1.29, 1.82) is 0 Å². The van der Waals surface area contributed by atoms with E-state index in [1.54, 1.807) is 36.4 Å². The number of urea groups is 1. The quantitative estimate of drug-likeness (QED) is 0.708. The Hall–Kier alpha value is -2.94. The Morgan fingerprint density at radius 1 is 1.04 bits per heavy atom. The minimum atomic E-state index is -3.06. The topological polar surface area (TPSA) is 104 Å². The molecule has 0 saturated carbocycles. The smallest absolute Gasteiger partial charge is 0.319 e. The third-order valence-corrected chi connectivity index (χ3v) is 6.11. The number of carbonyl (C=O) groups excluding carboxylic acids is 2. The van der Waals surface area contributed by atoms with E-state index in [1.807, 2.05) is 0 Å². The van der Waals surface area contributed by atoms with Crippen LogP contribution in [0.2, 0.25) is 0 Å².